The lowest BCUT2D eigenvalue weighted by molar-refractivity contribution is -0.131. The summed E-state index contributed by atoms with van der Waals surface area (Å²) in [5.41, 5.74) is 1.38. The summed E-state index contributed by atoms with van der Waals surface area (Å²) in [4.78, 5) is 32.2. The zero-order valence-corrected chi connectivity index (χ0v) is 21.4. The van der Waals surface area contributed by atoms with Gasteiger partial charge >= 0.3 is 6.09 Å². The Kier molecular flexibility index (Phi) is 11.1. The second-order valence-corrected chi connectivity index (χ2v) is 8.32. The second-order valence-electron chi connectivity index (χ2n) is 8.32. The number of piperidine rings is 2. The molecule has 2 aliphatic heterocycles. The number of guanidine groups is 1. The highest BCUT2D eigenvalue weighted by Gasteiger charge is 2.25. The molecule has 0 atom stereocenters. The molecule has 2 fully saturated rings. The lowest BCUT2D eigenvalue weighted by Crippen LogP contribution is -2.51. The Morgan fingerprint density at radius 2 is 1.66 bits per heavy atom. The van der Waals surface area contributed by atoms with E-state index in [-0.39, 0.29) is 48.6 Å². The van der Waals surface area contributed by atoms with Crippen LogP contribution in [0.25, 0.3) is 0 Å². The summed E-state index contributed by atoms with van der Waals surface area (Å²) in [6.45, 7) is 3.17. The maximum atomic E-state index is 12.6. The number of nitrogens with one attached hydrogen (secondary N) is 2. The van der Waals surface area contributed by atoms with Crippen LogP contribution in [-0.4, -0.2) is 80.7 Å². The molecule has 0 spiro atoms. The number of likely N-dealkylation sites (tertiary alicyclic amines) is 2. The summed E-state index contributed by atoms with van der Waals surface area (Å²) in [6, 6.07) is 10.8. The van der Waals surface area contributed by atoms with Gasteiger partial charge in [0.1, 0.15) is 0 Å². The molecule has 0 aromatic heterocycles. The molecule has 178 valence electrons. The van der Waals surface area contributed by atoms with Crippen LogP contribution in [0.3, 0.4) is 0 Å². The summed E-state index contributed by atoms with van der Waals surface area (Å²) < 4.78 is 4.77. The van der Waals surface area contributed by atoms with E-state index >= 15 is 0 Å². The van der Waals surface area contributed by atoms with Crippen LogP contribution in [0.2, 0.25) is 0 Å². The Bertz CT molecular complexity index is 745. The van der Waals surface area contributed by atoms with E-state index in [0.717, 1.165) is 45.2 Å². The minimum Gasteiger partial charge on any atom is -0.453 e. The Hall–Kier alpha value is -2.04. The first kappa shape index (κ1) is 26.2. The fourth-order valence-corrected chi connectivity index (χ4v) is 4.33. The number of ether oxygens (including phenoxy) is 1. The van der Waals surface area contributed by atoms with E-state index in [1.54, 1.807) is 11.9 Å². The number of amides is 2. The first-order valence-corrected chi connectivity index (χ1v) is 11.2. The first-order chi connectivity index (χ1) is 15.1. The zero-order valence-electron chi connectivity index (χ0n) is 19.1. The van der Waals surface area contributed by atoms with Crippen molar-refractivity contribution in [2.45, 2.75) is 38.1 Å². The highest BCUT2D eigenvalue weighted by Crippen LogP contribution is 2.21. The van der Waals surface area contributed by atoms with Crippen molar-refractivity contribution in [1.29, 1.82) is 0 Å². The predicted octanol–water partition coefficient (Wildman–Crippen LogP) is 2.48. The normalized spacial score (nSPS) is 18.0. The number of carbonyl (C=O) groups is 2. The summed E-state index contributed by atoms with van der Waals surface area (Å²) >= 11 is 0. The van der Waals surface area contributed by atoms with Gasteiger partial charge in [-0.05, 0) is 43.6 Å². The molecule has 2 aliphatic rings. The average Bonchev–Trinajstić information content (AvgIpc) is 2.82. The molecule has 2 N–H and O–H groups in total. The van der Waals surface area contributed by atoms with Gasteiger partial charge < -0.3 is 25.2 Å². The number of benzene rings is 1. The highest BCUT2D eigenvalue weighted by molar-refractivity contribution is 14.0. The van der Waals surface area contributed by atoms with Crippen molar-refractivity contribution in [3.05, 3.63) is 35.9 Å². The van der Waals surface area contributed by atoms with Crippen LogP contribution in [0, 0.1) is 5.92 Å². The van der Waals surface area contributed by atoms with E-state index in [4.69, 9.17) is 4.74 Å². The number of hydrogen-bond acceptors (Lipinski definition) is 4. The number of nitrogens with zero attached hydrogens (tertiary/aromatic N) is 3. The molecule has 3 rings (SSSR count). The topological polar surface area (TPSA) is 86.3 Å². The number of hydrogen-bond donors (Lipinski definition) is 2. The lowest BCUT2D eigenvalue weighted by Gasteiger charge is -2.33. The number of rotatable bonds is 5. The number of carbonyl (C=O) groups excluding carboxylic acids is 2. The van der Waals surface area contributed by atoms with Gasteiger partial charge in [-0.15, -0.1) is 24.0 Å². The summed E-state index contributed by atoms with van der Waals surface area (Å²) in [5, 5.41) is 6.52. The molecule has 2 saturated heterocycles. The zero-order chi connectivity index (χ0) is 22.1. The van der Waals surface area contributed by atoms with Crippen LogP contribution >= 0.6 is 24.0 Å². The van der Waals surface area contributed by atoms with Gasteiger partial charge in [-0.1, -0.05) is 30.3 Å². The molecule has 2 heterocycles. The highest BCUT2D eigenvalue weighted by atomic mass is 127. The molecule has 0 unspecified atom stereocenters. The minimum atomic E-state index is -0.279. The Labute approximate surface area is 208 Å². The first-order valence-electron chi connectivity index (χ1n) is 11.2. The Balaban J connectivity index is 0.00000363. The smallest absolute Gasteiger partial charge is 0.409 e. The van der Waals surface area contributed by atoms with Gasteiger partial charge in [0, 0.05) is 39.3 Å². The lowest BCUT2D eigenvalue weighted by atomic mass is 9.90. The molecule has 0 saturated carbocycles. The third kappa shape index (κ3) is 7.83. The fraction of sp³-hybridized carbons (Fsp3) is 0.609. The summed E-state index contributed by atoms with van der Waals surface area (Å²) in [6.07, 6.45) is 4.54. The number of aliphatic imine (C=N–C) groups is 1. The van der Waals surface area contributed by atoms with Crippen LogP contribution in [0.15, 0.2) is 35.3 Å². The largest absolute Gasteiger partial charge is 0.453 e. The molecule has 1 aromatic rings. The van der Waals surface area contributed by atoms with E-state index in [9.17, 15) is 9.59 Å². The van der Waals surface area contributed by atoms with Gasteiger partial charge in [0.25, 0.3) is 0 Å². The van der Waals surface area contributed by atoms with Crippen molar-refractivity contribution in [2.75, 3.05) is 46.9 Å². The Morgan fingerprint density at radius 1 is 1.03 bits per heavy atom. The van der Waals surface area contributed by atoms with Gasteiger partial charge in [0.05, 0.1) is 13.7 Å². The molecule has 1 aromatic carbocycles. The van der Waals surface area contributed by atoms with Crippen molar-refractivity contribution < 1.29 is 14.3 Å². The van der Waals surface area contributed by atoms with Crippen LogP contribution < -0.4 is 10.6 Å². The molecule has 2 amide bonds. The molecular weight excluding hydrogens is 521 g/mol. The van der Waals surface area contributed by atoms with Crippen molar-refractivity contribution in [3.8, 4) is 0 Å². The van der Waals surface area contributed by atoms with Crippen LogP contribution in [-0.2, 0) is 16.0 Å². The van der Waals surface area contributed by atoms with Crippen LogP contribution in [0.5, 0.6) is 0 Å². The van der Waals surface area contributed by atoms with E-state index < -0.39 is 0 Å². The fourth-order valence-electron chi connectivity index (χ4n) is 4.33. The van der Waals surface area contributed by atoms with E-state index in [1.807, 2.05) is 11.0 Å². The number of methoxy groups -OCH3 is 1. The van der Waals surface area contributed by atoms with Crippen molar-refractivity contribution in [2.24, 2.45) is 10.9 Å². The monoisotopic (exact) mass is 557 g/mol. The van der Waals surface area contributed by atoms with Crippen LogP contribution in [0.4, 0.5) is 4.79 Å². The van der Waals surface area contributed by atoms with E-state index in [0.29, 0.717) is 25.0 Å². The summed E-state index contributed by atoms with van der Waals surface area (Å²) in [7, 11) is 3.11. The summed E-state index contributed by atoms with van der Waals surface area (Å²) in [5.74, 6) is 1.38. The third-order valence-electron chi connectivity index (χ3n) is 6.23. The SMILES string of the molecule is CN=C(NCC(=O)N1CCC(Cc2ccccc2)CC1)NC1CCN(C(=O)OC)CC1.I. The van der Waals surface area contributed by atoms with Gasteiger partial charge in [-0.3, -0.25) is 9.79 Å². The van der Waals surface area contributed by atoms with E-state index in [2.05, 4.69) is 39.9 Å². The maximum Gasteiger partial charge on any atom is 0.409 e. The Morgan fingerprint density at radius 3 is 2.25 bits per heavy atom. The standard InChI is InChI=1S/C23H35N5O3.HI/c1-24-22(26-20-10-14-28(15-11-20)23(30)31-2)25-17-21(29)27-12-8-19(9-13-27)16-18-6-4-3-5-7-18;/h3-7,19-20H,8-17H2,1-2H3,(H2,24,25,26);1H. The van der Waals surface area contributed by atoms with E-state index in [1.165, 1.54) is 12.7 Å². The van der Waals surface area contributed by atoms with Crippen molar-refractivity contribution >= 4 is 41.9 Å². The molecule has 8 nitrogen and oxygen atoms in total. The molecule has 0 aliphatic carbocycles. The molecule has 9 heteroatoms. The molecule has 32 heavy (non-hydrogen) atoms. The van der Waals surface area contributed by atoms with Crippen molar-refractivity contribution in [3.63, 3.8) is 0 Å². The van der Waals surface area contributed by atoms with Crippen LogP contribution in [0.1, 0.15) is 31.2 Å². The predicted molar refractivity (Wildman–Crippen MR) is 136 cm³/mol. The quantitative estimate of drug-likeness (QED) is 0.330. The molecule has 0 radical (unpaired) electrons. The van der Waals surface area contributed by atoms with Gasteiger partial charge in [-0.25, -0.2) is 4.79 Å². The minimum absolute atomic E-state index is 0. The van der Waals surface area contributed by atoms with Gasteiger partial charge in [0.2, 0.25) is 5.91 Å². The van der Waals surface area contributed by atoms with Gasteiger partial charge in [0.15, 0.2) is 5.96 Å². The maximum absolute atomic E-state index is 12.6. The van der Waals surface area contributed by atoms with Gasteiger partial charge in [-0.2, -0.15) is 0 Å². The van der Waals surface area contributed by atoms with Crippen molar-refractivity contribution in [1.82, 2.24) is 20.4 Å². The third-order valence-corrected chi connectivity index (χ3v) is 6.23. The average molecular weight is 557 g/mol. The molecular formula is C23H36IN5O3. The second kappa shape index (κ2) is 13.5. The molecule has 0 bridgehead atoms. The number of halogens is 1.